The highest BCUT2D eigenvalue weighted by Crippen LogP contribution is 2.33. The van der Waals surface area contributed by atoms with Crippen LogP contribution < -0.4 is 5.32 Å². The molecule has 2 aliphatic rings. The summed E-state index contributed by atoms with van der Waals surface area (Å²) in [4.78, 5) is 0. The molecule has 5 unspecified atom stereocenters. The van der Waals surface area contributed by atoms with E-state index in [4.69, 9.17) is 14.2 Å². The zero-order valence-corrected chi connectivity index (χ0v) is 12.6. The van der Waals surface area contributed by atoms with Crippen LogP contribution in [0, 0.1) is 5.92 Å². The Kier molecular flexibility index (Phi) is 6.07. The second-order valence-electron chi connectivity index (χ2n) is 6.03. The van der Waals surface area contributed by atoms with Gasteiger partial charge in [0, 0.05) is 13.2 Å². The summed E-state index contributed by atoms with van der Waals surface area (Å²) in [6, 6.07) is 0.433. The number of ether oxygens (including phenoxy) is 3. The van der Waals surface area contributed by atoms with E-state index < -0.39 is 0 Å². The Morgan fingerprint density at radius 2 is 2.00 bits per heavy atom. The quantitative estimate of drug-likeness (QED) is 0.719. The maximum atomic E-state index is 6.27. The Bertz CT molecular complexity index is 262. The average Bonchev–Trinajstić information content (AvgIpc) is 2.39. The highest BCUT2D eigenvalue weighted by Gasteiger charge is 2.43. The third-order valence-electron chi connectivity index (χ3n) is 4.47. The Hall–Kier alpha value is -0.160. The van der Waals surface area contributed by atoms with Gasteiger partial charge in [0.25, 0.3) is 0 Å². The second-order valence-corrected chi connectivity index (χ2v) is 6.03. The van der Waals surface area contributed by atoms with Crippen molar-refractivity contribution in [1.29, 1.82) is 0 Å². The molecule has 0 amide bonds. The third kappa shape index (κ3) is 4.15. The van der Waals surface area contributed by atoms with Gasteiger partial charge in [-0.05, 0) is 32.2 Å². The molecular formula is C15H29NO3. The van der Waals surface area contributed by atoms with Crippen LogP contribution in [0.3, 0.4) is 0 Å². The largest absolute Gasteiger partial charge is 0.382 e. The van der Waals surface area contributed by atoms with Gasteiger partial charge in [0.05, 0.1) is 31.5 Å². The summed E-state index contributed by atoms with van der Waals surface area (Å²) in [5, 5.41) is 3.31. The normalized spacial score (nSPS) is 39.0. The highest BCUT2D eigenvalue weighted by atomic mass is 16.6. The van der Waals surface area contributed by atoms with Gasteiger partial charge in [-0.2, -0.15) is 0 Å². The van der Waals surface area contributed by atoms with Gasteiger partial charge in [-0.15, -0.1) is 0 Å². The number of rotatable bonds is 7. The first-order valence-corrected chi connectivity index (χ1v) is 7.67. The van der Waals surface area contributed by atoms with Crippen molar-refractivity contribution >= 4 is 0 Å². The van der Waals surface area contributed by atoms with Crippen LogP contribution in [0.1, 0.15) is 39.0 Å². The van der Waals surface area contributed by atoms with E-state index in [9.17, 15) is 0 Å². The molecule has 4 heteroatoms. The van der Waals surface area contributed by atoms with E-state index in [0.717, 1.165) is 12.3 Å². The first kappa shape index (κ1) is 15.2. The van der Waals surface area contributed by atoms with Gasteiger partial charge < -0.3 is 19.5 Å². The molecule has 0 radical (unpaired) electrons. The van der Waals surface area contributed by atoms with Gasteiger partial charge in [-0.25, -0.2) is 0 Å². The van der Waals surface area contributed by atoms with Crippen molar-refractivity contribution in [2.75, 3.05) is 27.4 Å². The fraction of sp³-hybridized carbons (Fsp3) is 1.00. The zero-order chi connectivity index (χ0) is 13.7. The van der Waals surface area contributed by atoms with Crippen molar-refractivity contribution in [2.45, 2.75) is 63.4 Å². The fourth-order valence-electron chi connectivity index (χ4n) is 3.24. The van der Waals surface area contributed by atoms with Gasteiger partial charge in [0.15, 0.2) is 0 Å². The minimum Gasteiger partial charge on any atom is -0.382 e. The number of likely N-dealkylation sites (N-methyl/N-ethyl adjacent to an activating group) is 1. The van der Waals surface area contributed by atoms with Gasteiger partial charge in [0.1, 0.15) is 0 Å². The molecule has 112 valence electrons. The summed E-state index contributed by atoms with van der Waals surface area (Å²) in [6.45, 7) is 3.64. The second kappa shape index (κ2) is 7.58. The highest BCUT2D eigenvalue weighted by molar-refractivity contribution is 4.97. The standard InChI is InChI=1S/C15H29NO3/c1-11-5-4-6-12(9-11)19-14-10-13(16-2)15(14)18-8-7-17-3/h11-16H,4-10H2,1-3H3. The van der Waals surface area contributed by atoms with Crippen LogP contribution in [0.2, 0.25) is 0 Å². The number of nitrogens with one attached hydrogen (secondary N) is 1. The molecular weight excluding hydrogens is 242 g/mol. The lowest BCUT2D eigenvalue weighted by atomic mass is 9.83. The summed E-state index contributed by atoms with van der Waals surface area (Å²) in [5.74, 6) is 0.812. The van der Waals surface area contributed by atoms with Gasteiger partial charge in [-0.1, -0.05) is 19.8 Å². The molecule has 0 aromatic carbocycles. The maximum absolute atomic E-state index is 6.27. The van der Waals surface area contributed by atoms with Crippen LogP contribution in [0.25, 0.3) is 0 Å². The smallest absolute Gasteiger partial charge is 0.0991 e. The minimum atomic E-state index is 0.192. The molecule has 0 spiro atoms. The van der Waals surface area contributed by atoms with Crippen molar-refractivity contribution in [3.05, 3.63) is 0 Å². The number of hydrogen-bond acceptors (Lipinski definition) is 4. The number of hydrogen-bond donors (Lipinski definition) is 1. The molecule has 2 saturated carbocycles. The molecule has 2 aliphatic carbocycles. The SMILES string of the molecule is CNC1CC(OC2CCCC(C)C2)C1OCCOC. The predicted octanol–water partition coefficient (Wildman–Crippen LogP) is 1.97. The fourth-order valence-corrected chi connectivity index (χ4v) is 3.24. The van der Waals surface area contributed by atoms with E-state index in [-0.39, 0.29) is 12.2 Å². The molecule has 0 bridgehead atoms. The van der Waals surface area contributed by atoms with E-state index in [1.54, 1.807) is 7.11 Å². The van der Waals surface area contributed by atoms with Gasteiger partial charge in [-0.3, -0.25) is 0 Å². The first-order valence-electron chi connectivity index (χ1n) is 7.67. The van der Waals surface area contributed by atoms with E-state index in [2.05, 4.69) is 12.2 Å². The van der Waals surface area contributed by atoms with Crippen molar-refractivity contribution in [3.63, 3.8) is 0 Å². The molecule has 0 aromatic heterocycles. The van der Waals surface area contributed by atoms with Crippen molar-refractivity contribution in [2.24, 2.45) is 5.92 Å². The van der Waals surface area contributed by atoms with E-state index in [1.165, 1.54) is 25.7 Å². The molecule has 0 aromatic rings. The summed E-state index contributed by atoms with van der Waals surface area (Å²) < 4.78 is 17.2. The van der Waals surface area contributed by atoms with Crippen LogP contribution in [0.5, 0.6) is 0 Å². The molecule has 2 rings (SSSR count). The Labute approximate surface area is 117 Å². The van der Waals surface area contributed by atoms with Crippen LogP contribution in [0.15, 0.2) is 0 Å². The molecule has 2 fully saturated rings. The maximum Gasteiger partial charge on any atom is 0.0991 e. The summed E-state index contributed by atoms with van der Waals surface area (Å²) in [7, 11) is 3.70. The van der Waals surface area contributed by atoms with Crippen molar-refractivity contribution in [3.8, 4) is 0 Å². The van der Waals surface area contributed by atoms with E-state index >= 15 is 0 Å². The summed E-state index contributed by atoms with van der Waals surface area (Å²) in [6.07, 6.45) is 7.07. The Balaban J connectivity index is 1.75. The lowest BCUT2D eigenvalue weighted by Crippen LogP contribution is -2.60. The molecule has 4 nitrogen and oxygen atoms in total. The third-order valence-corrected chi connectivity index (χ3v) is 4.47. The Morgan fingerprint density at radius 1 is 1.16 bits per heavy atom. The minimum absolute atomic E-state index is 0.192. The van der Waals surface area contributed by atoms with Gasteiger partial charge in [0.2, 0.25) is 0 Å². The summed E-state index contributed by atoms with van der Waals surface area (Å²) >= 11 is 0. The number of methoxy groups -OCH3 is 1. The van der Waals surface area contributed by atoms with Crippen LogP contribution in [-0.2, 0) is 14.2 Å². The van der Waals surface area contributed by atoms with Crippen LogP contribution in [-0.4, -0.2) is 51.7 Å². The monoisotopic (exact) mass is 271 g/mol. The molecule has 0 saturated heterocycles. The van der Waals surface area contributed by atoms with Crippen molar-refractivity contribution < 1.29 is 14.2 Å². The zero-order valence-electron chi connectivity index (χ0n) is 12.6. The molecule has 0 heterocycles. The average molecular weight is 271 g/mol. The molecule has 5 atom stereocenters. The molecule has 1 N–H and O–H groups in total. The first-order chi connectivity index (χ1) is 9.24. The van der Waals surface area contributed by atoms with Crippen LogP contribution in [0.4, 0.5) is 0 Å². The van der Waals surface area contributed by atoms with Crippen molar-refractivity contribution in [1.82, 2.24) is 5.32 Å². The Morgan fingerprint density at radius 3 is 2.68 bits per heavy atom. The molecule has 19 heavy (non-hydrogen) atoms. The van der Waals surface area contributed by atoms with Crippen LogP contribution >= 0.6 is 0 Å². The lowest BCUT2D eigenvalue weighted by molar-refractivity contribution is -0.177. The van der Waals surface area contributed by atoms with E-state index in [0.29, 0.717) is 25.4 Å². The topological polar surface area (TPSA) is 39.7 Å². The van der Waals surface area contributed by atoms with Gasteiger partial charge >= 0.3 is 0 Å². The predicted molar refractivity (Wildman–Crippen MR) is 75.4 cm³/mol. The summed E-state index contributed by atoms with van der Waals surface area (Å²) in [5.41, 5.74) is 0. The lowest BCUT2D eigenvalue weighted by Gasteiger charge is -2.46. The van der Waals surface area contributed by atoms with E-state index in [1.807, 2.05) is 7.05 Å². The molecule has 0 aliphatic heterocycles.